The minimum atomic E-state index is 0.280. The van der Waals surface area contributed by atoms with Crippen LogP contribution < -0.4 is 10.6 Å². The number of piperazine rings is 1. The smallest absolute Gasteiger partial charge is 0.222 e. The van der Waals surface area contributed by atoms with E-state index in [4.69, 9.17) is 10.7 Å². The first-order valence-electron chi connectivity index (χ1n) is 12.0. The Bertz CT molecular complexity index is 812. The molecule has 0 atom stereocenters. The highest BCUT2D eigenvalue weighted by Crippen LogP contribution is 2.24. The highest BCUT2D eigenvalue weighted by Gasteiger charge is 2.19. The van der Waals surface area contributed by atoms with Crippen molar-refractivity contribution in [1.29, 1.82) is 0 Å². The van der Waals surface area contributed by atoms with Crippen LogP contribution in [0.2, 0.25) is 0 Å². The fraction of sp³-hybridized carbons (Fsp3) is 0.667. The molecular formula is C24H39N7. The van der Waals surface area contributed by atoms with Gasteiger partial charge in [-0.1, -0.05) is 46.0 Å². The lowest BCUT2D eigenvalue weighted by molar-refractivity contribution is 0.312. The van der Waals surface area contributed by atoms with Crippen LogP contribution in [0.1, 0.15) is 70.1 Å². The Morgan fingerprint density at radius 3 is 2.32 bits per heavy atom. The second-order valence-corrected chi connectivity index (χ2v) is 8.69. The number of fused-ring (bicyclic) bond motifs is 1. The topological polar surface area (TPSA) is 84.1 Å². The highest BCUT2D eigenvalue weighted by molar-refractivity contribution is 5.59. The summed E-state index contributed by atoms with van der Waals surface area (Å²) < 4.78 is 0. The first-order valence-corrected chi connectivity index (χ1v) is 12.0. The van der Waals surface area contributed by atoms with E-state index in [0.717, 1.165) is 50.5 Å². The summed E-state index contributed by atoms with van der Waals surface area (Å²) in [5.74, 6) is 1.80. The molecule has 31 heavy (non-hydrogen) atoms. The number of aromatic nitrogens is 4. The molecule has 2 aromatic rings. The Morgan fingerprint density at radius 2 is 1.61 bits per heavy atom. The number of hydrogen-bond acceptors (Lipinski definition) is 7. The number of hydrogen-bond donors (Lipinski definition) is 1. The van der Waals surface area contributed by atoms with Gasteiger partial charge >= 0.3 is 0 Å². The van der Waals surface area contributed by atoms with Crippen molar-refractivity contribution in [2.45, 2.75) is 71.6 Å². The van der Waals surface area contributed by atoms with E-state index in [1.807, 2.05) is 12.3 Å². The fourth-order valence-corrected chi connectivity index (χ4v) is 4.04. The molecule has 170 valence electrons. The number of nitrogen functional groups attached to an aromatic ring is 1. The number of unbranched alkanes of at least 4 members (excludes halogenated alkanes) is 4. The van der Waals surface area contributed by atoms with Crippen molar-refractivity contribution in [3.8, 4) is 11.5 Å². The quantitative estimate of drug-likeness (QED) is 0.697. The maximum atomic E-state index is 5.95. The third-order valence-corrected chi connectivity index (χ3v) is 6.06. The van der Waals surface area contributed by atoms with Crippen LogP contribution in [0.5, 0.6) is 0 Å². The number of nitrogens with zero attached hydrogens (tertiary/aromatic N) is 6. The van der Waals surface area contributed by atoms with Crippen LogP contribution in [0.25, 0.3) is 11.5 Å². The third kappa shape index (κ3) is 6.86. The Balaban J connectivity index is 0.000000339. The predicted molar refractivity (Wildman–Crippen MR) is 128 cm³/mol. The average Bonchev–Trinajstić information content (AvgIpc) is 2.79. The van der Waals surface area contributed by atoms with E-state index in [9.17, 15) is 0 Å². The van der Waals surface area contributed by atoms with Crippen LogP contribution in [0.15, 0.2) is 12.3 Å². The van der Waals surface area contributed by atoms with Crippen molar-refractivity contribution in [2.24, 2.45) is 0 Å². The Morgan fingerprint density at radius 1 is 0.903 bits per heavy atom. The second kappa shape index (κ2) is 11.9. The maximum Gasteiger partial charge on any atom is 0.222 e. The van der Waals surface area contributed by atoms with Crippen molar-refractivity contribution < 1.29 is 0 Å². The van der Waals surface area contributed by atoms with E-state index in [1.54, 1.807) is 0 Å². The largest absolute Gasteiger partial charge is 0.368 e. The zero-order valence-corrected chi connectivity index (χ0v) is 19.6. The molecule has 0 spiro atoms. The lowest BCUT2D eigenvalue weighted by Crippen LogP contribution is -2.44. The molecule has 0 amide bonds. The molecule has 0 saturated carbocycles. The van der Waals surface area contributed by atoms with Crippen molar-refractivity contribution in [1.82, 2.24) is 24.8 Å². The van der Waals surface area contributed by atoms with E-state index < -0.39 is 0 Å². The normalized spacial score (nSPS) is 16.4. The summed E-state index contributed by atoms with van der Waals surface area (Å²) in [5, 5.41) is 0. The monoisotopic (exact) mass is 425 g/mol. The summed E-state index contributed by atoms with van der Waals surface area (Å²) in [5.41, 5.74) is 9.09. The lowest BCUT2D eigenvalue weighted by Gasteiger charge is -2.33. The molecule has 3 heterocycles. The van der Waals surface area contributed by atoms with Crippen LogP contribution in [0.3, 0.4) is 0 Å². The Labute approximate surface area is 187 Å². The van der Waals surface area contributed by atoms with Gasteiger partial charge in [-0.05, 0) is 38.3 Å². The molecule has 0 aromatic carbocycles. The van der Waals surface area contributed by atoms with Crippen LogP contribution in [-0.2, 0) is 12.8 Å². The van der Waals surface area contributed by atoms with E-state index in [1.165, 1.54) is 50.5 Å². The van der Waals surface area contributed by atoms with Crippen LogP contribution in [-0.4, -0.2) is 58.1 Å². The second-order valence-electron chi connectivity index (χ2n) is 8.69. The van der Waals surface area contributed by atoms with Gasteiger partial charge in [0.2, 0.25) is 5.95 Å². The molecule has 0 bridgehead atoms. The third-order valence-electron chi connectivity index (χ3n) is 6.06. The predicted octanol–water partition coefficient (Wildman–Crippen LogP) is 4.12. The van der Waals surface area contributed by atoms with Gasteiger partial charge in [-0.25, -0.2) is 15.0 Å². The SMILES string of the molecule is CCCCCCC.CN1CCN(c2cc(-c3ncc4c(n3)CCCC4)nc(N)n2)CC1. The molecule has 2 aromatic heterocycles. The molecule has 0 radical (unpaired) electrons. The number of anilines is 2. The molecule has 1 aliphatic carbocycles. The zero-order chi connectivity index (χ0) is 22.1. The molecule has 7 heteroatoms. The number of nitrogens with two attached hydrogens (primary N) is 1. The van der Waals surface area contributed by atoms with E-state index >= 15 is 0 Å². The van der Waals surface area contributed by atoms with Gasteiger partial charge < -0.3 is 15.5 Å². The van der Waals surface area contributed by atoms with Crippen LogP contribution >= 0.6 is 0 Å². The van der Waals surface area contributed by atoms with Gasteiger partial charge in [0, 0.05) is 44.1 Å². The summed E-state index contributed by atoms with van der Waals surface area (Å²) in [6, 6.07) is 1.96. The molecule has 2 N–H and O–H groups in total. The van der Waals surface area contributed by atoms with Gasteiger partial charge in [-0.15, -0.1) is 0 Å². The minimum Gasteiger partial charge on any atom is -0.368 e. The Hall–Kier alpha value is -2.28. The molecule has 7 nitrogen and oxygen atoms in total. The van der Waals surface area contributed by atoms with Crippen molar-refractivity contribution in [2.75, 3.05) is 43.9 Å². The number of likely N-dealkylation sites (N-methyl/N-ethyl adjacent to an activating group) is 1. The van der Waals surface area contributed by atoms with Crippen LogP contribution in [0.4, 0.5) is 11.8 Å². The molecule has 1 fully saturated rings. The molecular weight excluding hydrogens is 386 g/mol. The average molecular weight is 426 g/mol. The highest BCUT2D eigenvalue weighted by atomic mass is 15.3. The molecule has 1 aliphatic heterocycles. The fourth-order valence-electron chi connectivity index (χ4n) is 4.04. The number of aryl methyl sites for hydroxylation is 2. The van der Waals surface area contributed by atoms with Gasteiger partial charge in [0.25, 0.3) is 0 Å². The van der Waals surface area contributed by atoms with E-state index in [2.05, 4.69) is 45.6 Å². The van der Waals surface area contributed by atoms with Crippen LogP contribution in [0, 0.1) is 0 Å². The van der Waals surface area contributed by atoms with Gasteiger partial charge in [0.05, 0.1) is 0 Å². The summed E-state index contributed by atoms with van der Waals surface area (Å²) in [6.07, 6.45) is 13.5. The first kappa shape index (κ1) is 23.4. The molecule has 4 rings (SSSR count). The van der Waals surface area contributed by atoms with Gasteiger partial charge in [-0.3, -0.25) is 0 Å². The van der Waals surface area contributed by atoms with Crippen molar-refractivity contribution >= 4 is 11.8 Å². The van der Waals surface area contributed by atoms with E-state index in [-0.39, 0.29) is 5.95 Å². The molecule has 1 saturated heterocycles. The summed E-state index contributed by atoms with van der Waals surface area (Å²) in [4.78, 5) is 22.6. The minimum absolute atomic E-state index is 0.280. The number of rotatable bonds is 6. The molecule has 2 aliphatic rings. The standard InChI is InChI=1S/C17H23N7.C7H16/c1-23-6-8-24(9-7-23)15-10-14(21-17(18)22-15)16-19-11-12-4-2-3-5-13(12)20-16;1-3-5-7-6-4-2/h10-11H,2-9H2,1H3,(H2,18,21,22);3-7H2,1-2H3. The lowest BCUT2D eigenvalue weighted by atomic mass is 9.97. The summed E-state index contributed by atoms with van der Waals surface area (Å²) >= 11 is 0. The van der Waals surface area contributed by atoms with Gasteiger partial charge in [-0.2, -0.15) is 4.98 Å². The van der Waals surface area contributed by atoms with E-state index in [0.29, 0.717) is 11.5 Å². The zero-order valence-electron chi connectivity index (χ0n) is 19.6. The van der Waals surface area contributed by atoms with Crippen molar-refractivity contribution in [3.63, 3.8) is 0 Å². The first-order chi connectivity index (χ1) is 15.1. The summed E-state index contributed by atoms with van der Waals surface area (Å²) in [7, 11) is 2.14. The Kier molecular flexibility index (Phi) is 9.00. The maximum absolute atomic E-state index is 5.95. The summed E-state index contributed by atoms with van der Waals surface area (Å²) in [6.45, 7) is 8.42. The van der Waals surface area contributed by atoms with Gasteiger partial charge in [0.1, 0.15) is 11.5 Å². The van der Waals surface area contributed by atoms with Crippen molar-refractivity contribution in [3.05, 3.63) is 23.5 Å². The molecule has 0 unspecified atom stereocenters. The van der Waals surface area contributed by atoms with Gasteiger partial charge in [0.15, 0.2) is 5.82 Å².